The average molecular weight is 487 g/mol. The van der Waals surface area contributed by atoms with E-state index in [2.05, 4.69) is 5.32 Å². The summed E-state index contributed by atoms with van der Waals surface area (Å²) in [6, 6.07) is 8.69. The fourth-order valence-electron chi connectivity index (χ4n) is 3.39. The van der Waals surface area contributed by atoms with Crippen molar-refractivity contribution in [3.8, 4) is 5.75 Å². The second-order valence-corrected chi connectivity index (χ2v) is 8.11. The molecule has 1 heterocycles. The number of carbonyl (C=O) groups is 4. The zero-order chi connectivity index (χ0) is 24.8. The Morgan fingerprint density at radius 3 is 2.35 bits per heavy atom. The maximum atomic E-state index is 12.8. The molecule has 0 bridgehead atoms. The van der Waals surface area contributed by atoms with Gasteiger partial charge in [0.25, 0.3) is 23.4 Å². The average Bonchev–Trinajstić information content (AvgIpc) is 3.08. The molecule has 2 aromatic rings. The lowest BCUT2D eigenvalue weighted by Crippen LogP contribution is -2.46. The van der Waals surface area contributed by atoms with E-state index < -0.39 is 41.3 Å². The van der Waals surface area contributed by atoms with E-state index in [4.69, 9.17) is 9.47 Å². The van der Waals surface area contributed by atoms with Gasteiger partial charge in [0.15, 0.2) is 6.61 Å². The molecule has 1 N–H and O–H groups in total. The van der Waals surface area contributed by atoms with Gasteiger partial charge >= 0.3 is 5.97 Å². The molecular formula is C22H21N3O8S. The van der Waals surface area contributed by atoms with Crippen molar-refractivity contribution in [2.24, 2.45) is 0 Å². The highest BCUT2D eigenvalue weighted by molar-refractivity contribution is 7.98. The van der Waals surface area contributed by atoms with E-state index in [1.54, 1.807) is 12.1 Å². The number of methoxy groups -OCH3 is 1. The third-order valence-corrected chi connectivity index (χ3v) is 5.66. The van der Waals surface area contributed by atoms with Crippen LogP contribution in [0.4, 0.5) is 11.4 Å². The first-order valence-electron chi connectivity index (χ1n) is 10.0. The number of fused-ring (bicyclic) bond motifs is 1. The lowest BCUT2D eigenvalue weighted by Gasteiger charge is -2.24. The molecule has 3 rings (SSSR count). The molecule has 1 unspecified atom stereocenters. The first-order chi connectivity index (χ1) is 16.3. The number of nitrogens with one attached hydrogen (secondary N) is 1. The van der Waals surface area contributed by atoms with Crippen LogP contribution in [0.15, 0.2) is 42.5 Å². The minimum atomic E-state index is -1.19. The predicted molar refractivity (Wildman–Crippen MR) is 123 cm³/mol. The van der Waals surface area contributed by atoms with Gasteiger partial charge in [0.1, 0.15) is 11.8 Å². The molecule has 34 heavy (non-hydrogen) atoms. The number of nitro groups is 1. The van der Waals surface area contributed by atoms with Crippen molar-refractivity contribution in [1.82, 2.24) is 4.90 Å². The third kappa shape index (κ3) is 5.17. The fourth-order valence-corrected chi connectivity index (χ4v) is 3.85. The first-order valence-corrected chi connectivity index (χ1v) is 11.4. The summed E-state index contributed by atoms with van der Waals surface area (Å²) in [6.45, 7) is -0.697. The Balaban J connectivity index is 1.69. The molecule has 11 nitrogen and oxygen atoms in total. The van der Waals surface area contributed by atoms with Crippen LogP contribution in [-0.4, -0.2) is 65.3 Å². The Hall–Kier alpha value is -3.93. The molecule has 0 radical (unpaired) electrons. The van der Waals surface area contributed by atoms with Crippen molar-refractivity contribution in [2.75, 3.05) is 31.0 Å². The first kappa shape index (κ1) is 24.7. The predicted octanol–water partition coefficient (Wildman–Crippen LogP) is 2.50. The van der Waals surface area contributed by atoms with Gasteiger partial charge in [-0.2, -0.15) is 11.8 Å². The molecule has 12 heteroatoms. The number of anilines is 1. The number of ether oxygens (including phenoxy) is 2. The van der Waals surface area contributed by atoms with Gasteiger partial charge in [-0.15, -0.1) is 0 Å². The lowest BCUT2D eigenvalue weighted by molar-refractivity contribution is -0.384. The van der Waals surface area contributed by atoms with Crippen LogP contribution in [0.3, 0.4) is 0 Å². The molecule has 0 aliphatic carbocycles. The standard InChI is InChI=1S/C22H21N3O8S/c1-32-18-11-13(25(30)31)7-8-16(18)23-19(26)12-33-22(29)17(9-10-34-2)24-20(27)14-5-3-4-6-15(14)21(24)28/h3-8,11,17H,9-10,12H2,1-2H3,(H,23,26). The van der Waals surface area contributed by atoms with Crippen molar-refractivity contribution in [3.63, 3.8) is 0 Å². The van der Waals surface area contributed by atoms with Gasteiger partial charge in [0, 0.05) is 6.07 Å². The highest BCUT2D eigenvalue weighted by Gasteiger charge is 2.43. The maximum absolute atomic E-state index is 12.8. The van der Waals surface area contributed by atoms with Gasteiger partial charge in [0.2, 0.25) is 0 Å². The molecular weight excluding hydrogens is 466 g/mol. The van der Waals surface area contributed by atoms with Crippen LogP contribution >= 0.6 is 11.8 Å². The van der Waals surface area contributed by atoms with Crippen LogP contribution in [0.2, 0.25) is 0 Å². The normalized spacial score (nSPS) is 13.3. The smallest absolute Gasteiger partial charge is 0.329 e. The van der Waals surface area contributed by atoms with E-state index in [-0.39, 0.29) is 34.7 Å². The van der Waals surface area contributed by atoms with Gasteiger partial charge in [-0.05, 0) is 36.6 Å². The largest absolute Gasteiger partial charge is 0.494 e. The van der Waals surface area contributed by atoms with Gasteiger partial charge in [0.05, 0.1) is 34.9 Å². The monoisotopic (exact) mass is 487 g/mol. The summed E-state index contributed by atoms with van der Waals surface area (Å²) >= 11 is 1.43. The minimum Gasteiger partial charge on any atom is -0.494 e. The number of hydrogen-bond donors (Lipinski definition) is 1. The Labute approximate surface area is 198 Å². The number of hydrogen-bond acceptors (Lipinski definition) is 9. The molecule has 1 atom stereocenters. The van der Waals surface area contributed by atoms with Crippen LogP contribution in [0.5, 0.6) is 5.75 Å². The van der Waals surface area contributed by atoms with Crippen LogP contribution in [0.25, 0.3) is 0 Å². The maximum Gasteiger partial charge on any atom is 0.329 e. The van der Waals surface area contributed by atoms with Crippen molar-refractivity contribution < 1.29 is 33.6 Å². The summed E-state index contributed by atoms with van der Waals surface area (Å²) in [5, 5.41) is 13.3. The third-order valence-electron chi connectivity index (χ3n) is 5.02. The SMILES string of the molecule is COc1cc([N+](=O)[O-])ccc1NC(=O)COC(=O)C(CCSC)N1C(=O)c2ccccc2C1=O. The second-order valence-electron chi connectivity index (χ2n) is 7.12. The summed E-state index contributed by atoms with van der Waals surface area (Å²) in [4.78, 5) is 61.9. The molecule has 0 saturated heterocycles. The zero-order valence-electron chi connectivity index (χ0n) is 18.3. The highest BCUT2D eigenvalue weighted by atomic mass is 32.2. The van der Waals surface area contributed by atoms with Crippen LogP contribution in [0, 0.1) is 10.1 Å². The summed E-state index contributed by atoms with van der Waals surface area (Å²) < 4.78 is 10.2. The van der Waals surface area contributed by atoms with Crippen LogP contribution < -0.4 is 10.1 Å². The molecule has 3 amide bonds. The summed E-state index contributed by atoms with van der Waals surface area (Å²) in [7, 11) is 1.28. The molecule has 1 aliphatic heterocycles. The van der Waals surface area contributed by atoms with Crippen molar-refractivity contribution in [2.45, 2.75) is 12.5 Å². The van der Waals surface area contributed by atoms with E-state index in [0.717, 1.165) is 11.0 Å². The molecule has 178 valence electrons. The van der Waals surface area contributed by atoms with Crippen molar-refractivity contribution in [3.05, 3.63) is 63.7 Å². The van der Waals surface area contributed by atoms with E-state index in [1.807, 2.05) is 6.26 Å². The quantitative estimate of drug-likeness (QED) is 0.231. The molecule has 2 aromatic carbocycles. The number of amides is 3. The van der Waals surface area contributed by atoms with Crippen LogP contribution in [-0.2, 0) is 14.3 Å². The van der Waals surface area contributed by atoms with Gasteiger partial charge < -0.3 is 14.8 Å². The number of benzene rings is 2. The Kier molecular flexibility index (Phi) is 7.84. The van der Waals surface area contributed by atoms with Crippen molar-refractivity contribution in [1.29, 1.82) is 0 Å². The topological polar surface area (TPSA) is 145 Å². The van der Waals surface area contributed by atoms with E-state index in [9.17, 15) is 29.3 Å². The molecule has 1 aliphatic rings. The Morgan fingerprint density at radius 2 is 1.79 bits per heavy atom. The van der Waals surface area contributed by atoms with E-state index in [1.165, 1.54) is 43.1 Å². The Morgan fingerprint density at radius 1 is 1.15 bits per heavy atom. The number of nitrogens with zero attached hydrogens (tertiary/aromatic N) is 2. The number of rotatable bonds is 10. The number of thioether (sulfide) groups is 1. The number of esters is 1. The highest BCUT2D eigenvalue weighted by Crippen LogP contribution is 2.29. The van der Waals surface area contributed by atoms with E-state index in [0.29, 0.717) is 5.75 Å². The number of imide groups is 1. The molecule has 0 saturated carbocycles. The number of nitro benzene ring substituents is 1. The van der Waals surface area contributed by atoms with E-state index >= 15 is 0 Å². The molecule has 0 spiro atoms. The molecule has 0 aromatic heterocycles. The van der Waals surface area contributed by atoms with Crippen molar-refractivity contribution >= 4 is 46.8 Å². The van der Waals surface area contributed by atoms with Gasteiger partial charge in [-0.1, -0.05) is 12.1 Å². The molecule has 0 fully saturated rings. The minimum absolute atomic E-state index is 0.0535. The Bertz CT molecular complexity index is 1120. The second kappa shape index (κ2) is 10.8. The van der Waals surface area contributed by atoms with Gasteiger partial charge in [-0.25, -0.2) is 4.79 Å². The van der Waals surface area contributed by atoms with Gasteiger partial charge in [-0.3, -0.25) is 29.4 Å². The van der Waals surface area contributed by atoms with Crippen LogP contribution in [0.1, 0.15) is 27.1 Å². The summed E-state index contributed by atoms with van der Waals surface area (Å²) in [6.07, 6.45) is 1.97. The summed E-state index contributed by atoms with van der Waals surface area (Å²) in [5.41, 5.74) is 0.335. The fraction of sp³-hybridized carbons (Fsp3) is 0.273. The zero-order valence-corrected chi connectivity index (χ0v) is 19.1. The number of non-ortho nitro benzene ring substituents is 1. The summed E-state index contributed by atoms with van der Waals surface area (Å²) in [5.74, 6) is -2.29. The lowest BCUT2D eigenvalue weighted by atomic mass is 10.1. The number of carbonyl (C=O) groups excluding carboxylic acids is 4.